The Kier molecular flexibility index (Phi) is 4.69. The number of aliphatic carboxylic acids is 2. The largest absolute Gasteiger partial charge is 0.481 e. The lowest BCUT2D eigenvalue weighted by Gasteiger charge is -2.05. The zero-order valence-corrected chi connectivity index (χ0v) is 6.93. The van der Waals surface area contributed by atoms with Gasteiger partial charge in [-0.25, -0.2) is 0 Å². The van der Waals surface area contributed by atoms with Gasteiger partial charge in [0, 0.05) is 0 Å². The van der Waals surface area contributed by atoms with Gasteiger partial charge < -0.3 is 10.2 Å². The van der Waals surface area contributed by atoms with Crippen LogP contribution in [0, 0.1) is 0 Å². The minimum absolute atomic E-state index is 0.148. The third-order valence-electron chi connectivity index (χ3n) is 1.05. The number of rotatable bonds is 5. The monoisotopic (exact) mass is 178 g/mol. The number of carboxylic acid groups (broad SMARTS) is 2. The van der Waals surface area contributed by atoms with E-state index in [4.69, 9.17) is 10.2 Å². The molecule has 64 valence electrons. The van der Waals surface area contributed by atoms with Crippen LogP contribution in [-0.4, -0.2) is 33.2 Å². The molecule has 0 aromatic carbocycles. The van der Waals surface area contributed by atoms with E-state index in [1.165, 1.54) is 0 Å². The molecule has 0 radical (unpaired) electrons. The molecule has 0 rings (SSSR count). The van der Waals surface area contributed by atoms with Crippen LogP contribution in [-0.2, 0) is 9.59 Å². The highest BCUT2D eigenvalue weighted by Crippen LogP contribution is 2.13. The summed E-state index contributed by atoms with van der Waals surface area (Å²) in [5.74, 6) is -2.07. The quantitative estimate of drug-likeness (QED) is 0.647. The van der Waals surface area contributed by atoms with Gasteiger partial charge in [0.25, 0.3) is 0 Å². The lowest BCUT2D eigenvalue weighted by molar-refractivity contribution is -0.136. The predicted molar refractivity (Wildman–Crippen MR) is 41.8 cm³/mol. The summed E-state index contributed by atoms with van der Waals surface area (Å²) in [7, 11) is 0. The summed E-state index contributed by atoms with van der Waals surface area (Å²) in [4.78, 5) is 20.4. The second kappa shape index (κ2) is 5.01. The van der Waals surface area contributed by atoms with E-state index in [0.29, 0.717) is 6.42 Å². The van der Waals surface area contributed by atoms with E-state index in [9.17, 15) is 9.59 Å². The van der Waals surface area contributed by atoms with Gasteiger partial charge >= 0.3 is 11.9 Å². The van der Waals surface area contributed by atoms with Crippen molar-refractivity contribution in [3.05, 3.63) is 0 Å². The molecular formula is C6H10O4S. The van der Waals surface area contributed by atoms with Crippen molar-refractivity contribution in [2.45, 2.75) is 18.6 Å². The van der Waals surface area contributed by atoms with Gasteiger partial charge in [-0.15, -0.1) is 11.8 Å². The molecule has 1 atom stereocenters. The Balaban J connectivity index is 3.70. The van der Waals surface area contributed by atoms with E-state index in [1.54, 1.807) is 6.92 Å². The predicted octanol–water partition coefficient (Wildman–Crippen LogP) is 0.667. The Labute approximate surface area is 68.6 Å². The lowest BCUT2D eigenvalue weighted by atomic mass is 10.3. The summed E-state index contributed by atoms with van der Waals surface area (Å²) in [5, 5.41) is 16.1. The van der Waals surface area contributed by atoms with Crippen LogP contribution < -0.4 is 0 Å². The van der Waals surface area contributed by atoms with Crippen molar-refractivity contribution >= 4 is 23.7 Å². The molecule has 11 heavy (non-hydrogen) atoms. The molecule has 0 aromatic rings. The van der Waals surface area contributed by atoms with Crippen LogP contribution in [0.2, 0.25) is 0 Å². The Morgan fingerprint density at radius 2 is 2.00 bits per heavy atom. The molecule has 0 amide bonds. The Morgan fingerprint density at radius 1 is 1.45 bits per heavy atom. The average molecular weight is 178 g/mol. The Hall–Kier alpha value is -0.710. The van der Waals surface area contributed by atoms with E-state index in [2.05, 4.69) is 0 Å². The van der Waals surface area contributed by atoms with Crippen LogP contribution in [0.25, 0.3) is 0 Å². The molecule has 1 unspecified atom stereocenters. The molecule has 0 saturated heterocycles. The molecule has 0 fully saturated rings. The lowest BCUT2D eigenvalue weighted by Crippen LogP contribution is -2.17. The van der Waals surface area contributed by atoms with Crippen molar-refractivity contribution in [3.8, 4) is 0 Å². The van der Waals surface area contributed by atoms with Gasteiger partial charge in [-0.2, -0.15) is 0 Å². The number of carbonyl (C=O) groups is 2. The molecule has 0 aliphatic heterocycles. The van der Waals surface area contributed by atoms with E-state index < -0.39 is 17.2 Å². The normalized spacial score (nSPS) is 12.5. The highest BCUT2D eigenvalue weighted by atomic mass is 32.2. The van der Waals surface area contributed by atoms with Crippen LogP contribution in [0.4, 0.5) is 0 Å². The SMILES string of the molecule is CCC(SCC(=O)O)C(=O)O. The van der Waals surface area contributed by atoms with Gasteiger partial charge in [0.2, 0.25) is 0 Å². The zero-order valence-electron chi connectivity index (χ0n) is 6.11. The Morgan fingerprint density at radius 3 is 2.27 bits per heavy atom. The molecular weight excluding hydrogens is 168 g/mol. The van der Waals surface area contributed by atoms with Crippen molar-refractivity contribution in [1.29, 1.82) is 0 Å². The van der Waals surface area contributed by atoms with Crippen LogP contribution in [0.3, 0.4) is 0 Å². The fraction of sp³-hybridized carbons (Fsp3) is 0.667. The van der Waals surface area contributed by atoms with Gasteiger partial charge in [0.15, 0.2) is 0 Å². The second-order valence-electron chi connectivity index (χ2n) is 1.94. The number of hydrogen-bond donors (Lipinski definition) is 2. The fourth-order valence-corrected chi connectivity index (χ4v) is 1.26. The molecule has 0 heterocycles. The summed E-state index contributed by atoms with van der Waals surface area (Å²) < 4.78 is 0. The third kappa shape index (κ3) is 4.66. The zero-order chi connectivity index (χ0) is 8.85. The third-order valence-corrected chi connectivity index (χ3v) is 2.41. The molecule has 0 saturated carbocycles. The Bertz CT molecular complexity index is 157. The van der Waals surface area contributed by atoms with Crippen molar-refractivity contribution in [3.63, 3.8) is 0 Å². The highest BCUT2D eigenvalue weighted by molar-refractivity contribution is 8.01. The van der Waals surface area contributed by atoms with Gasteiger partial charge in [-0.3, -0.25) is 9.59 Å². The maximum atomic E-state index is 10.3. The van der Waals surface area contributed by atoms with E-state index in [-0.39, 0.29) is 5.75 Å². The molecule has 0 aliphatic carbocycles. The molecule has 2 N–H and O–H groups in total. The van der Waals surface area contributed by atoms with Gasteiger partial charge in [-0.1, -0.05) is 6.92 Å². The first kappa shape index (κ1) is 10.3. The first-order valence-corrected chi connectivity index (χ1v) is 4.19. The minimum Gasteiger partial charge on any atom is -0.481 e. The van der Waals surface area contributed by atoms with E-state index in [1.807, 2.05) is 0 Å². The summed E-state index contributed by atoms with van der Waals surface area (Å²) in [6, 6.07) is 0. The summed E-state index contributed by atoms with van der Waals surface area (Å²) in [5.41, 5.74) is 0. The number of carboxylic acids is 2. The van der Waals surface area contributed by atoms with Gasteiger partial charge in [-0.05, 0) is 6.42 Å². The van der Waals surface area contributed by atoms with Crippen LogP contribution >= 0.6 is 11.8 Å². The molecule has 0 bridgehead atoms. The van der Waals surface area contributed by atoms with Crippen molar-refractivity contribution < 1.29 is 19.8 Å². The number of thioether (sulfide) groups is 1. The van der Waals surface area contributed by atoms with Crippen molar-refractivity contribution in [2.75, 3.05) is 5.75 Å². The summed E-state index contributed by atoms with van der Waals surface area (Å²) >= 11 is 0.939. The standard InChI is InChI=1S/C6H10O4S/c1-2-4(6(9)10)11-3-5(7)8/h4H,2-3H2,1H3,(H,7,8)(H,9,10). The molecule has 0 aromatic heterocycles. The summed E-state index contributed by atoms with van der Waals surface area (Å²) in [6.07, 6.45) is 0.452. The van der Waals surface area contributed by atoms with Crippen LogP contribution in [0.5, 0.6) is 0 Å². The first-order chi connectivity index (χ1) is 5.07. The molecule has 0 aliphatic rings. The van der Waals surface area contributed by atoms with E-state index >= 15 is 0 Å². The molecule has 0 spiro atoms. The topological polar surface area (TPSA) is 74.6 Å². The fourth-order valence-electron chi connectivity index (χ4n) is 0.536. The molecule has 5 heteroatoms. The van der Waals surface area contributed by atoms with Gasteiger partial charge in [0.1, 0.15) is 5.25 Å². The van der Waals surface area contributed by atoms with Gasteiger partial charge in [0.05, 0.1) is 5.75 Å². The average Bonchev–Trinajstić information content (AvgIpc) is 1.87. The minimum atomic E-state index is -0.977. The maximum Gasteiger partial charge on any atom is 0.316 e. The van der Waals surface area contributed by atoms with Crippen LogP contribution in [0.1, 0.15) is 13.3 Å². The summed E-state index contributed by atoms with van der Waals surface area (Å²) in [6.45, 7) is 1.72. The van der Waals surface area contributed by atoms with Crippen molar-refractivity contribution in [1.82, 2.24) is 0 Å². The highest BCUT2D eigenvalue weighted by Gasteiger charge is 2.16. The number of hydrogen-bond acceptors (Lipinski definition) is 3. The maximum absolute atomic E-state index is 10.3. The van der Waals surface area contributed by atoms with Crippen molar-refractivity contribution in [2.24, 2.45) is 0 Å². The first-order valence-electron chi connectivity index (χ1n) is 3.14. The second-order valence-corrected chi connectivity index (χ2v) is 3.13. The smallest absolute Gasteiger partial charge is 0.316 e. The van der Waals surface area contributed by atoms with Crippen LogP contribution in [0.15, 0.2) is 0 Å². The molecule has 4 nitrogen and oxygen atoms in total. The van der Waals surface area contributed by atoms with E-state index in [0.717, 1.165) is 11.8 Å².